The summed E-state index contributed by atoms with van der Waals surface area (Å²) in [6.07, 6.45) is 1.46. The van der Waals surface area contributed by atoms with Crippen molar-refractivity contribution < 1.29 is 29.4 Å². The fraction of sp³-hybridized carbons (Fsp3) is 0.778. The lowest BCUT2D eigenvalue weighted by molar-refractivity contribution is -0.141. The van der Waals surface area contributed by atoms with Crippen LogP contribution in [-0.2, 0) is 19.2 Å². The third kappa shape index (κ3) is 9.54. The van der Waals surface area contributed by atoms with Gasteiger partial charge in [-0.1, -0.05) is 20.3 Å². The topological polar surface area (TPSA) is 171 Å². The van der Waals surface area contributed by atoms with Gasteiger partial charge in [-0.05, 0) is 31.3 Å². The highest BCUT2D eigenvalue weighted by atomic mass is 32.2. The molecule has 10 nitrogen and oxygen atoms in total. The fourth-order valence-corrected chi connectivity index (χ4v) is 3.11. The van der Waals surface area contributed by atoms with E-state index in [1.165, 1.54) is 18.7 Å². The first-order valence-corrected chi connectivity index (χ1v) is 11.7. The van der Waals surface area contributed by atoms with Crippen LogP contribution in [-0.4, -0.2) is 81.9 Å². The first-order valence-electron chi connectivity index (χ1n) is 9.67. The van der Waals surface area contributed by atoms with Crippen LogP contribution in [0.5, 0.6) is 0 Å². The number of nitrogens with two attached hydrogens (primary N) is 1. The third-order valence-corrected chi connectivity index (χ3v) is 5.67. The summed E-state index contributed by atoms with van der Waals surface area (Å²) in [6.45, 7) is 5.00. The fourth-order valence-electron chi connectivity index (χ4n) is 2.39. The van der Waals surface area contributed by atoms with Crippen LogP contribution in [0.25, 0.3) is 0 Å². The molecule has 0 aliphatic rings. The lowest BCUT2D eigenvalue weighted by Gasteiger charge is -2.27. The van der Waals surface area contributed by atoms with E-state index < -0.39 is 54.0 Å². The standard InChI is InChI=1S/C18H34N4O6S2/c1-5-9(2)13(19)16(25)22-14(10(3)23)17(26)20-11(6-7-30-4)15(24)21-12(8-29)18(27)28/h9-14,23,29H,5-8,19H2,1-4H3,(H,20,26)(H,21,24)(H,22,25)(H,27,28). The van der Waals surface area contributed by atoms with Crippen molar-refractivity contribution in [1.82, 2.24) is 16.0 Å². The molecule has 0 radical (unpaired) electrons. The molecular formula is C18H34N4O6S2. The maximum absolute atomic E-state index is 12.7. The highest BCUT2D eigenvalue weighted by Gasteiger charge is 2.32. The van der Waals surface area contributed by atoms with E-state index in [4.69, 9.17) is 10.8 Å². The van der Waals surface area contributed by atoms with Gasteiger partial charge < -0.3 is 31.9 Å². The lowest BCUT2D eigenvalue weighted by atomic mass is 9.98. The normalized spacial score (nSPS) is 17.0. The second-order valence-electron chi connectivity index (χ2n) is 7.06. The molecule has 0 aromatic carbocycles. The van der Waals surface area contributed by atoms with Crippen molar-refractivity contribution in [2.75, 3.05) is 17.8 Å². The minimum Gasteiger partial charge on any atom is -0.480 e. The predicted octanol–water partition coefficient (Wildman–Crippen LogP) is -1.04. The molecule has 0 bridgehead atoms. The first-order chi connectivity index (χ1) is 14.0. The number of rotatable bonds is 14. The summed E-state index contributed by atoms with van der Waals surface area (Å²) >= 11 is 5.34. The Morgan fingerprint density at radius 3 is 2.03 bits per heavy atom. The second-order valence-corrected chi connectivity index (χ2v) is 8.41. The number of aliphatic hydroxyl groups excluding tert-OH is 1. The van der Waals surface area contributed by atoms with E-state index >= 15 is 0 Å². The Morgan fingerprint density at radius 2 is 1.60 bits per heavy atom. The number of hydrogen-bond acceptors (Lipinski definition) is 8. The molecule has 12 heteroatoms. The van der Waals surface area contributed by atoms with Gasteiger partial charge in [0, 0.05) is 5.75 Å². The Hall–Kier alpha value is -1.50. The van der Waals surface area contributed by atoms with Gasteiger partial charge in [0.05, 0.1) is 12.1 Å². The van der Waals surface area contributed by atoms with E-state index in [1.54, 1.807) is 6.92 Å². The number of amides is 3. The maximum Gasteiger partial charge on any atom is 0.327 e. The zero-order chi connectivity index (χ0) is 23.4. The number of carbonyl (C=O) groups excluding carboxylic acids is 3. The molecule has 0 saturated carbocycles. The molecule has 6 atom stereocenters. The van der Waals surface area contributed by atoms with Crippen LogP contribution >= 0.6 is 24.4 Å². The Balaban J connectivity index is 5.32. The number of hydrogen-bond donors (Lipinski definition) is 7. The van der Waals surface area contributed by atoms with E-state index in [-0.39, 0.29) is 18.1 Å². The quantitative estimate of drug-likeness (QED) is 0.159. The molecule has 0 spiro atoms. The zero-order valence-corrected chi connectivity index (χ0v) is 19.5. The molecular weight excluding hydrogens is 432 g/mol. The molecule has 0 aromatic heterocycles. The Labute approximate surface area is 186 Å². The number of thiol groups is 1. The molecule has 0 aromatic rings. The summed E-state index contributed by atoms with van der Waals surface area (Å²) in [4.78, 5) is 48.7. The van der Waals surface area contributed by atoms with Gasteiger partial charge >= 0.3 is 5.97 Å². The van der Waals surface area contributed by atoms with Crippen molar-refractivity contribution >= 4 is 48.1 Å². The maximum atomic E-state index is 12.7. The zero-order valence-electron chi connectivity index (χ0n) is 17.8. The number of carboxylic acid groups (broad SMARTS) is 1. The summed E-state index contributed by atoms with van der Waals surface area (Å²) in [5.74, 6) is -3.03. The molecule has 7 N–H and O–H groups in total. The van der Waals surface area contributed by atoms with E-state index in [0.29, 0.717) is 12.2 Å². The molecule has 30 heavy (non-hydrogen) atoms. The average Bonchev–Trinajstić information content (AvgIpc) is 2.70. The number of aliphatic hydroxyl groups is 1. The van der Waals surface area contributed by atoms with Crippen molar-refractivity contribution in [2.24, 2.45) is 11.7 Å². The van der Waals surface area contributed by atoms with Gasteiger partial charge in [0.25, 0.3) is 0 Å². The summed E-state index contributed by atoms with van der Waals surface area (Å²) in [5, 5.41) is 26.3. The molecule has 0 aliphatic carbocycles. The molecule has 0 saturated heterocycles. The van der Waals surface area contributed by atoms with Crippen LogP contribution in [0.15, 0.2) is 0 Å². The SMILES string of the molecule is CCC(C)C(N)C(=O)NC(C(=O)NC(CCSC)C(=O)NC(CS)C(=O)O)C(C)O. The Morgan fingerprint density at radius 1 is 1.03 bits per heavy atom. The molecule has 0 rings (SSSR count). The molecule has 174 valence electrons. The molecule has 0 aliphatic heterocycles. The van der Waals surface area contributed by atoms with Gasteiger partial charge in [-0.15, -0.1) is 0 Å². The highest BCUT2D eigenvalue weighted by Crippen LogP contribution is 2.07. The highest BCUT2D eigenvalue weighted by molar-refractivity contribution is 7.98. The Kier molecular flexibility index (Phi) is 13.8. The minimum atomic E-state index is -1.32. The van der Waals surface area contributed by atoms with Crippen molar-refractivity contribution in [3.8, 4) is 0 Å². The van der Waals surface area contributed by atoms with Crippen LogP contribution in [0, 0.1) is 5.92 Å². The van der Waals surface area contributed by atoms with E-state index in [1.807, 2.05) is 13.2 Å². The summed E-state index contributed by atoms with van der Waals surface area (Å²) in [5.41, 5.74) is 5.88. The number of thioether (sulfide) groups is 1. The van der Waals surface area contributed by atoms with Crippen molar-refractivity contribution in [2.45, 2.75) is 63.9 Å². The van der Waals surface area contributed by atoms with Gasteiger partial charge in [-0.2, -0.15) is 24.4 Å². The molecule has 0 fully saturated rings. The Bertz CT molecular complexity index is 593. The third-order valence-electron chi connectivity index (χ3n) is 4.66. The van der Waals surface area contributed by atoms with E-state index in [2.05, 4.69) is 28.6 Å². The van der Waals surface area contributed by atoms with Gasteiger partial charge in [0.15, 0.2) is 0 Å². The number of carboxylic acids is 1. The molecule has 3 amide bonds. The van der Waals surface area contributed by atoms with Crippen LogP contribution in [0.2, 0.25) is 0 Å². The number of carbonyl (C=O) groups is 4. The van der Waals surface area contributed by atoms with E-state index in [9.17, 15) is 24.3 Å². The largest absolute Gasteiger partial charge is 0.480 e. The van der Waals surface area contributed by atoms with Gasteiger partial charge in [-0.25, -0.2) is 4.79 Å². The van der Waals surface area contributed by atoms with Gasteiger partial charge in [-0.3, -0.25) is 14.4 Å². The van der Waals surface area contributed by atoms with Crippen molar-refractivity contribution in [3.05, 3.63) is 0 Å². The van der Waals surface area contributed by atoms with Crippen LogP contribution in [0.1, 0.15) is 33.6 Å². The van der Waals surface area contributed by atoms with Crippen molar-refractivity contribution in [3.63, 3.8) is 0 Å². The van der Waals surface area contributed by atoms with Crippen LogP contribution in [0.3, 0.4) is 0 Å². The van der Waals surface area contributed by atoms with Crippen LogP contribution < -0.4 is 21.7 Å². The van der Waals surface area contributed by atoms with Gasteiger partial charge in [0.1, 0.15) is 18.1 Å². The summed E-state index contributed by atoms with van der Waals surface area (Å²) < 4.78 is 0. The molecule has 6 unspecified atom stereocenters. The lowest BCUT2D eigenvalue weighted by Crippen LogP contribution is -2.60. The summed E-state index contributed by atoms with van der Waals surface area (Å²) in [7, 11) is 0. The predicted molar refractivity (Wildman–Crippen MR) is 119 cm³/mol. The van der Waals surface area contributed by atoms with Crippen LogP contribution in [0.4, 0.5) is 0 Å². The first kappa shape index (κ1) is 28.5. The minimum absolute atomic E-state index is 0.121. The number of aliphatic carboxylic acids is 1. The monoisotopic (exact) mass is 466 g/mol. The average molecular weight is 467 g/mol. The van der Waals surface area contributed by atoms with Crippen molar-refractivity contribution in [1.29, 1.82) is 0 Å². The smallest absolute Gasteiger partial charge is 0.327 e. The summed E-state index contributed by atoms with van der Waals surface area (Å²) in [6, 6.07) is -4.44. The second kappa shape index (κ2) is 14.5. The molecule has 0 heterocycles. The van der Waals surface area contributed by atoms with E-state index in [0.717, 1.165) is 0 Å². The van der Waals surface area contributed by atoms with Gasteiger partial charge in [0.2, 0.25) is 17.7 Å². The number of nitrogens with one attached hydrogen (secondary N) is 3.